The lowest BCUT2D eigenvalue weighted by atomic mass is 10.0. The molecular formula is C53H55N13O9S6. The number of ether oxygens (including phenoxy) is 1. The Hall–Kier alpha value is -7.60. The minimum Gasteiger partial charge on any atom is -0.481 e. The van der Waals surface area contributed by atoms with E-state index in [4.69, 9.17) is 40.5 Å². The van der Waals surface area contributed by atoms with E-state index < -0.39 is 47.6 Å². The molecule has 0 spiro atoms. The number of aromatic nitrogens is 7. The Bertz CT molecular complexity index is 3550. The molecule has 28 heteroatoms. The number of nitrogens with one attached hydrogen (secondary N) is 4. The van der Waals surface area contributed by atoms with Gasteiger partial charge >= 0.3 is 5.97 Å². The van der Waals surface area contributed by atoms with Gasteiger partial charge in [-0.1, -0.05) is 44.2 Å². The molecule has 7 N–H and O–H groups in total. The van der Waals surface area contributed by atoms with Crippen molar-refractivity contribution in [1.29, 1.82) is 0 Å². The summed E-state index contributed by atoms with van der Waals surface area (Å²) < 4.78 is 5.31. The van der Waals surface area contributed by atoms with Crippen LogP contribution in [0.25, 0.3) is 43.4 Å². The van der Waals surface area contributed by atoms with Gasteiger partial charge in [0.1, 0.15) is 65.0 Å². The van der Waals surface area contributed by atoms with E-state index in [0.29, 0.717) is 82.5 Å². The number of hydrogen-bond acceptors (Lipinski definition) is 21. The standard InChI is InChI=1S/C53H55N13O9S6/c1-27(2)42(53-65-45(36(81-53)21-75-5)47(73)56-20-37(54)68)63-48(74)43-28(3)80-52(64-43)32(19-39(69)55-4)59-46(72)34-23-77-49(61-34)30-15-16-31(50-62-38(25-79-50)66(26-67)18-10-9-13-41(70)71)58-44(30)33-22-78-51(60-33)35-24-76-40(57-35)17-14-29-11-7-6-8-12-29/h6-8,11-12,15-16,22-27,32,42H,9-10,13-14,17-21H2,1-5H3,(H2,54,68)(H,55,69)(H,56,73)(H,59,72)(H,63,74)(H,70,71)/t32-,42?/m0/s1. The number of nitrogens with two attached hydrogens (primary N) is 1. The number of carbonyl (C=O) groups is 7. The Kier molecular flexibility index (Phi) is 20.4. The third-order valence-electron chi connectivity index (χ3n) is 12.2. The fourth-order valence-electron chi connectivity index (χ4n) is 8.04. The largest absolute Gasteiger partial charge is 0.481 e. The van der Waals surface area contributed by atoms with Crippen LogP contribution in [-0.2, 0) is 43.4 Å². The number of aryl methyl sites for hydroxylation is 3. The molecule has 1 unspecified atom stereocenters. The number of carboxylic acids is 1. The van der Waals surface area contributed by atoms with E-state index in [2.05, 4.69) is 43.4 Å². The molecule has 0 aliphatic carbocycles. The second-order valence-electron chi connectivity index (χ2n) is 18.4. The van der Waals surface area contributed by atoms with Crippen molar-refractivity contribution in [2.45, 2.75) is 78.0 Å². The Labute approximate surface area is 488 Å². The second kappa shape index (κ2) is 27.7. The summed E-state index contributed by atoms with van der Waals surface area (Å²) in [6.45, 7) is 5.41. The van der Waals surface area contributed by atoms with Crippen molar-refractivity contribution in [3.8, 4) is 43.4 Å². The van der Waals surface area contributed by atoms with Crippen molar-refractivity contribution < 1.29 is 43.4 Å². The molecule has 2 atom stereocenters. The third kappa shape index (κ3) is 15.2. The molecule has 22 nitrogen and oxygen atoms in total. The number of hydrogen-bond donors (Lipinski definition) is 6. The van der Waals surface area contributed by atoms with E-state index in [0.717, 1.165) is 34.9 Å². The van der Waals surface area contributed by atoms with Gasteiger partial charge < -0.3 is 36.8 Å². The average molecular weight is 1210 g/mol. The van der Waals surface area contributed by atoms with Gasteiger partial charge in [0.25, 0.3) is 17.7 Å². The van der Waals surface area contributed by atoms with E-state index >= 15 is 0 Å². The summed E-state index contributed by atoms with van der Waals surface area (Å²) in [5, 5.41) is 30.6. The van der Waals surface area contributed by atoms with Crippen LogP contribution in [-0.4, -0.2) is 109 Å². The van der Waals surface area contributed by atoms with Gasteiger partial charge in [-0.25, -0.2) is 34.9 Å². The van der Waals surface area contributed by atoms with Gasteiger partial charge in [-0.15, -0.1) is 68.0 Å². The van der Waals surface area contributed by atoms with Crippen molar-refractivity contribution in [3.05, 3.63) is 111 Å². The summed E-state index contributed by atoms with van der Waals surface area (Å²) in [6, 6.07) is 12.1. The zero-order valence-corrected chi connectivity index (χ0v) is 49.2. The molecule has 6 amide bonds. The summed E-state index contributed by atoms with van der Waals surface area (Å²) in [4.78, 5) is 125. The molecule has 0 saturated heterocycles. The molecule has 0 fully saturated rings. The monoisotopic (exact) mass is 1210 g/mol. The van der Waals surface area contributed by atoms with Crippen molar-refractivity contribution in [2.24, 2.45) is 11.7 Å². The van der Waals surface area contributed by atoms with Crippen LogP contribution in [0.2, 0.25) is 0 Å². The second-order valence-corrected chi connectivity index (χ2v) is 24.3. The van der Waals surface area contributed by atoms with E-state index in [-0.39, 0.29) is 55.5 Å². The number of amides is 6. The van der Waals surface area contributed by atoms with Crippen LogP contribution in [0.15, 0.2) is 64.0 Å². The fraction of sp³-hybridized carbons (Fsp3) is 0.321. The minimum atomic E-state index is -0.983. The summed E-state index contributed by atoms with van der Waals surface area (Å²) in [5.41, 5.74) is 9.37. The lowest BCUT2D eigenvalue weighted by Crippen LogP contribution is -2.34. The Morgan fingerprint density at radius 2 is 1.49 bits per heavy atom. The van der Waals surface area contributed by atoms with Crippen molar-refractivity contribution in [1.82, 2.24) is 56.2 Å². The molecule has 0 aliphatic heterocycles. The van der Waals surface area contributed by atoms with Gasteiger partial charge in [-0.3, -0.25) is 38.5 Å². The SMILES string of the molecule is CNC(=O)C[C@H](NC(=O)c1csc(-c2ccc(-c3nc(N(C=O)CCCCC(=O)O)cs3)nc2-c2csc(-c3csc(CCc4ccccc4)n3)n2)n1)c1nc(C(=O)NC(c2nc(C(=O)NCC(N)=O)c(COC)s2)C(C)C)c(C)s1. The summed E-state index contributed by atoms with van der Waals surface area (Å²) >= 11 is 7.79. The van der Waals surface area contributed by atoms with Crippen LogP contribution in [0.3, 0.4) is 0 Å². The lowest BCUT2D eigenvalue weighted by Gasteiger charge is -2.20. The highest BCUT2D eigenvalue weighted by Gasteiger charge is 2.31. The van der Waals surface area contributed by atoms with Crippen LogP contribution >= 0.6 is 68.0 Å². The normalized spacial score (nSPS) is 12.0. The van der Waals surface area contributed by atoms with Gasteiger partial charge in [0.15, 0.2) is 0 Å². The fourth-order valence-corrected chi connectivity index (χ4v) is 13.5. The van der Waals surface area contributed by atoms with Gasteiger partial charge in [0.05, 0.1) is 47.2 Å². The molecule has 0 radical (unpaired) electrons. The number of carboxylic acid groups (broad SMARTS) is 1. The van der Waals surface area contributed by atoms with Crippen LogP contribution < -0.4 is 31.9 Å². The van der Waals surface area contributed by atoms with E-state index in [1.165, 1.54) is 70.0 Å². The molecule has 1 aromatic carbocycles. The van der Waals surface area contributed by atoms with Crippen molar-refractivity contribution in [3.63, 3.8) is 0 Å². The first-order chi connectivity index (χ1) is 39.0. The Balaban J connectivity index is 1.05. The molecule has 422 valence electrons. The molecule has 81 heavy (non-hydrogen) atoms. The molecule has 0 aliphatic rings. The highest BCUT2D eigenvalue weighted by atomic mass is 32.1. The lowest BCUT2D eigenvalue weighted by molar-refractivity contribution is -0.137. The molecule has 0 saturated carbocycles. The minimum absolute atomic E-state index is 0.00722. The molecular weight excluding hydrogens is 1160 g/mol. The highest BCUT2D eigenvalue weighted by Crippen LogP contribution is 2.39. The van der Waals surface area contributed by atoms with Gasteiger partial charge in [0, 0.05) is 65.5 Å². The first-order valence-electron chi connectivity index (χ1n) is 25.2. The maximum Gasteiger partial charge on any atom is 0.303 e. The summed E-state index contributed by atoms with van der Waals surface area (Å²) in [6.07, 6.45) is 2.94. The summed E-state index contributed by atoms with van der Waals surface area (Å²) in [7, 11) is 2.94. The van der Waals surface area contributed by atoms with E-state index in [9.17, 15) is 33.6 Å². The number of unbranched alkanes of at least 4 members (excludes halogenated alkanes) is 1. The average Bonchev–Trinajstić information content (AvgIpc) is 4.55. The number of nitrogens with zero attached hydrogens (tertiary/aromatic N) is 8. The molecule has 7 aromatic heterocycles. The van der Waals surface area contributed by atoms with E-state index in [1.54, 1.807) is 35.1 Å². The zero-order chi connectivity index (χ0) is 57.7. The number of primary amides is 1. The topological polar surface area (TPSA) is 317 Å². The number of thiazole rings is 6. The van der Waals surface area contributed by atoms with Gasteiger partial charge in [-0.05, 0) is 49.8 Å². The van der Waals surface area contributed by atoms with Crippen LogP contribution in [0.5, 0.6) is 0 Å². The molecule has 7 heterocycles. The molecule has 8 rings (SSSR count). The quantitative estimate of drug-likeness (QED) is 0.0200. The third-order valence-corrected chi connectivity index (χ3v) is 17.9. The van der Waals surface area contributed by atoms with Crippen molar-refractivity contribution in [2.75, 3.05) is 32.1 Å². The maximum atomic E-state index is 14.3. The number of rotatable bonds is 28. The Morgan fingerprint density at radius 3 is 2.22 bits per heavy atom. The predicted octanol–water partition coefficient (Wildman–Crippen LogP) is 7.90. The van der Waals surface area contributed by atoms with E-state index in [1.807, 2.05) is 48.9 Å². The van der Waals surface area contributed by atoms with Gasteiger partial charge in [-0.2, -0.15) is 0 Å². The number of aliphatic carboxylic acids is 1. The Morgan fingerprint density at radius 1 is 0.753 bits per heavy atom. The zero-order valence-electron chi connectivity index (χ0n) is 44.3. The highest BCUT2D eigenvalue weighted by molar-refractivity contribution is 7.15. The van der Waals surface area contributed by atoms with Crippen molar-refractivity contribution >= 4 is 116 Å². The van der Waals surface area contributed by atoms with Crippen LogP contribution in [0, 0.1) is 12.8 Å². The van der Waals surface area contributed by atoms with Gasteiger partial charge in [0.2, 0.25) is 18.2 Å². The maximum absolute atomic E-state index is 14.3. The van der Waals surface area contributed by atoms with Crippen LogP contribution in [0.1, 0.15) is 113 Å². The first-order valence-corrected chi connectivity index (χ1v) is 30.3. The smallest absolute Gasteiger partial charge is 0.303 e. The first kappa shape index (κ1) is 59.5. The number of methoxy groups -OCH3 is 1. The number of pyridine rings is 1. The number of carbonyl (C=O) groups excluding carboxylic acids is 6. The molecule has 8 aromatic rings. The predicted molar refractivity (Wildman–Crippen MR) is 313 cm³/mol. The van der Waals surface area contributed by atoms with Crippen LogP contribution in [0.4, 0.5) is 5.82 Å². The number of anilines is 1. The summed E-state index contributed by atoms with van der Waals surface area (Å²) in [5.74, 6) is -3.62. The molecule has 0 bridgehead atoms. The number of benzene rings is 1.